The SMILES string of the molecule is Fc1c(F)c(F)c(CN(Cc2ccc(Cl)nc2)c2ccoc2)c(F)c1F. The summed E-state index contributed by atoms with van der Waals surface area (Å²) in [7, 11) is 0. The van der Waals surface area contributed by atoms with Crippen molar-refractivity contribution in [3.8, 4) is 0 Å². The monoisotopic (exact) mass is 388 g/mol. The first kappa shape index (κ1) is 18.2. The summed E-state index contributed by atoms with van der Waals surface area (Å²) in [6.07, 6.45) is 4.05. The van der Waals surface area contributed by atoms with Crippen LogP contribution in [0, 0.1) is 29.1 Å². The molecule has 26 heavy (non-hydrogen) atoms. The van der Waals surface area contributed by atoms with E-state index in [1.807, 2.05) is 0 Å². The third kappa shape index (κ3) is 3.50. The standard InChI is InChI=1S/C17H10ClF5N2O/c18-12-2-1-9(5-24-12)6-25(10-3-4-26-8-10)7-11-13(19)15(21)17(23)16(22)14(11)20/h1-5,8H,6-7H2. The zero-order valence-corrected chi connectivity index (χ0v) is 13.7. The molecule has 0 N–H and O–H groups in total. The number of furan rings is 1. The lowest BCUT2D eigenvalue weighted by Gasteiger charge is -2.24. The number of rotatable bonds is 5. The summed E-state index contributed by atoms with van der Waals surface area (Å²) in [5.74, 6) is -9.91. The molecule has 0 saturated heterocycles. The second-order valence-electron chi connectivity index (χ2n) is 5.38. The fraction of sp³-hybridized carbons (Fsp3) is 0.118. The molecule has 3 nitrogen and oxygen atoms in total. The van der Waals surface area contributed by atoms with Crippen molar-refractivity contribution in [3.63, 3.8) is 0 Å². The van der Waals surface area contributed by atoms with Crippen molar-refractivity contribution in [2.24, 2.45) is 0 Å². The lowest BCUT2D eigenvalue weighted by atomic mass is 10.1. The third-order valence-electron chi connectivity index (χ3n) is 3.68. The number of hydrogen-bond donors (Lipinski definition) is 0. The molecule has 2 heterocycles. The van der Waals surface area contributed by atoms with E-state index in [2.05, 4.69) is 4.98 Å². The van der Waals surface area contributed by atoms with Crippen LogP contribution in [0.4, 0.5) is 27.6 Å². The van der Waals surface area contributed by atoms with E-state index in [0.717, 1.165) is 0 Å². The van der Waals surface area contributed by atoms with Crippen molar-refractivity contribution in [2.45, 2.75) is 13.1 Å². The molecule has 2 aromatic heterocycles. The van der Waals surface area contributed by atoms with Gasteiger partial charge < -0.3 is 9.32 Å². The Hall–Kier alpha value is -2.61. The molecule has 0 aliphatic carbocycles. The molecule has 0 radical (unpaired) electrons. The smallest absolute Gasteiger partial charge is 0.200 e. The van der Waals surface area contributed by atoms with Crippen molar-refractivity contribution in [2.75, 3.05) is 4.90 Å². The van der Waals surface area contributed by atoms with Crippen LogP contribution in [0.3, 0.4) is 0 Å². The molecule has 0 saturated carbocycles. The zero-order valence-electron chi connectivity index (χ0n) is 12.9. The molecule has 0 aliphatic heterocycles. The Balaban J connectivity index is 1.98. The Kier molecular flexibility index (Phi) is 5.13. The number of pyridine rings is 1. The van der Waals surface area contributed by atoms with Crippen LogP contribution in [-0.2, 0) is 13.1 Å². The van der Waals surface area contributed by atoms with E-state index in [4.69, 9.17) is 16.0 Å². The molecular formula is C17H10ClF5N2O. The summed E-state index contributed by atoms with van der Waals surface area (Å²) in [4.78, 5) is 5.27. The van der Waals surface area contributed by atoms with Crippen LogP contribution < -0.4 is 4.90 Å². The van der Waals surface area contributed by atoms with Gasteiger partial charge in [0.1, 0.15) is 11.4 Å². The maximum absolute atomic E-state index is 14.0. The van der Waals surface area contributed by atoms with Gasteiger partial charge in [0.15, 0.2) is 23.3 Å². The van der Waals surface area contributed by atoms with Crippen molar-refractivity contribution < 1.29 is 26.4 Å². The highest BCUT2D eigenvalue weighted by atomic mass is 35.5. The third-order valence-corrected chi connectivity index (χ3v) is 3.91. The molecule has 0 bridgehead atoms. The normalized spacial score (nSPS) is 11.0. The lowest BCUT2D eigenvalue weighted by Crippen LogP contribution is -2.24. The van der Waals surface area contributed by atoms with Crippen LogP contribution in [0.1, 0.15) is 11.1 Å². The van der Waals surface area contributed by atoms with Gasteiger partial charge in [-0.25, -0.2) is 26.9 Å². The minimum absolute atomic E-state index is 0.0726. The Morgan fingerprint density at radius 1 is 0.885 bits per heavy atom. The minimum atomic E-state index is -2.19. The van der Waals surface area contributed by atoms with E-state index >= 15 is 0 Å². The summed E-state index contributed by atoms with van der Waals surface area (Å²) < 4.78 is 73.0. The summed E-state index contributed by atoms with van der Waals surface area (Å²) in [6, 6.07) is 4.64. The Morgan fingerprint density at radius 2 is 1.54 bits per heavy atom. The maximum Gasteiger partial charge on any atom is 0.200 e. The molecule has 0 unspecified atom stereocenters. The first-order valence-electron chi connectivity index (χ1n) is 7.26. The summed E-state index contributed by atoms with van der Waals surface area (Å²) in [6.45, 7) is -0.503. The molecule has 0 atom stereocenters. The maximum atomic E-state index is 14.0. The van der Waals surface area contributed by atoms with Crippen LogP contribution in [0.2, 0.25) is 5.15 Å². The number of hydrogen-bond acceptors (Lipinski definition) is 3. The van der Waals surface area contributed by atoms with Gasteiger partial charge in [-0.2, -0.15) is 0 Å². The predicted octanol–water partition coefficient (Wildman–Crippen LogP) is 5.23. The van der Waals surface area contributed by atoms with Gasteiger partial charge in [0.25, 0.3) is 0 Å². The summed E-state index contributed by atoms with van der Waals surface area (Å²) >= 11 is 5.71. The van der Waals surface area contributed by atoms with Crippen LogP contribution >= 0.6 is 11.6 Å². The van der Waals surface area contributed by atoms with E-state index in [0.29, 0.717) is 11.3 Å². The van der Waals surface area contributed by atoms with E-state index in [-0.39, 0.29) is 11.7 Å². The lowest BCUT2D eigenvalue weighted by molar-refractivity contribution is 0.369. The summed E-state index contributed by atoms with van der Waals surface area (Å²) in [5, 5.41) is 0.253. The largest absolute Gasteiger partial charge is 0.470 e. The van der Waals surface area contributed by atoms with Crippen molar-refractivity contribution in [1.82, 2.24) is 4.98 Å². The molecule has 136 valence electrons. The van der Waals surface area contributed by atoms with Gasteiger partial charge in [-0.15, -0.1) is 0 Å². The fourth-order valence-corrected chi connectivity index (χ4v) is 2.49. The molecule has 3 rings (SSSR count). The highest BCUT2D eigenvalue weighted by molar-refractivity contribution is 6.29. The minimum Gasteiger partial charge on any atom is -0.470 e. The molecular weight excluding hydrogens is 379 g/mol. The van der Waals surface area contributed by atoms with Gasteiger partial charge in [-0.1, -0.05) is 17.7 Å². The van der Waals surface area contributed by atoms with Gasteiger partial charge in [0, 0.05) is 24.8 Å². The van der Waals surface area contributed by atoms with Crippen molar-refractivity contribution in [1.29, 1.82) is 0 Å². The molecule has 3 aromatic rings. The van der Waals surface area contributed by atoms with Crippen LogP contribution in [0.25, 0.3) is 0 Å². The fourth-order valence-electron chi connectivity index (χ4n) is 2.38. The van der Waals surface area contributed by atoms with E-state index in [9.17, 15) is 22.0 Å². The molecule has 0 aliphatic rings. The predicted molar refractivity (Wildman–Crippen MR) is 84.1 cm³/mol. The van der Waals surface area contributed by atoms with E-state index < -0.39 is 41.2 Å². The van der Waals surface area contributed by atoms with E-state index in [1.54, 1.807) is 6.07 Å². The molecule has 0 amide bonds. The van der Waals surface area contributed by atoms with E-state index in [1.165, 1.54) is 35.8 Å². The van der Waals surface area contributed by atoms with Crippen molar-refractivity contribution >= 4 is 17.3 Å². The van der Waals surface area contributed by atoms with Gasteiger partial charge >= 0.3 is 0 Å². The van der Waals surface area contributed by atoms with Gasteiger partial charge in [-0.3, -0.25) is 0 Å². The number of halogens is 6. The average molecular weight is 389 g/mol. The average Bonchev–Trinajstić information content (AvgIpc) is 3.17. The molecule has 0 spiro atoms. The number of benzene rings is 1. The van der Waals surface area contributed by atoms with Gasteiger partial charge in [0.2, 0.25) is 5.82 Å². The van der Waals surface area contributed by atoms with Crippen LogP contribution in [-0.4, -0.2) is 4.98 Å². The highest BCUT2D eigenvalue weighted by Gasteiger charge is 2.27. The first-order valence-corrected chi connectivity index (χ1v) is 7.64. The number of aromatic nitrogens is 1. The Labute approximate surface area is 149 Å². The van der Waals surface area contributed by atoms with Gasteiger partial charge in [0.05, 0.1) is 12.0 Å². The topological polar surface area (TPSA) is 29.3 Å². The second kappa shape index (κ2) is 7.33. The van der Waals surface area contributed by atoms with Crippen LogP contribution in [0.15, 0.2) is 41.3 Å². The number of nitrogens with zero attached hydrogens (tertiary/aromatic N) is 2. The molecule has 1 aromatic carbocycles. The first-order chi connectivity index (χ1) is 12.4. The second-order valence-corrected chi connectivity index (χ2v) is 5.76. The molecule has 9 heteroatoms. The Bertz CT molecular complexity index is 887. The zero-order chi connectivity index (χ0) is 18.8. The van der Waals surface area contributed by atoms with Crippen molar-refractivity contribution in [3.05, 3.63) is 82.3 Å². The molecule has 0 fully saturated rings. The summed E-state index contributed by atoms with van der Waals surface area (Å²) in [5.41, 5.74) is 0.0629. The van der Waals surface area contributed by atoms with Crippen LogP contribution in [0.5, 0.6) is 0 Å². The number of anilines is 1. The highest BCUT2D eigenvalue weighted by Crippen LogP contribution is 2.27. The van der Waals surface area contributed by atoms with Gasteiger partial charge in [-0.05, 0) is 17.7 Å². The Morgan fingerprint density at radius 3 is 2.08 bits per heavy atom. The quantitative estimate of drug-likeness (QED) is 0.259.